The van der Waals surface area contributed by atoms with Crippen LogP contribution < -0.4 is 0 Å². The van der Waals surface area contributed by atoms with Crippen molar-refractivity contribution in [3.63, 3.8) is 0 Å². The molecule has 3 rings (SSSR count). The number of Topliss-reactive ketones (excluding diaryl/α,β-unsaturated/α-hetero) is 1. The van der Waals surface area contributed by atoms with E-state index in [0.29, 0.717) is 30.1 Å². The number of rotatable bonds is 14. The maximum Gasteiger partial charge on any atom is 0.161 e. The van der Waals surface area contributed by atoms with E-state index in [9.17, 15) is 10.1 Å². The third kappa shape index (κ3) is 5.57. The Morgan fingerprint density at radius 2 is 1.63 bits per heavy atom. The van der Waals surface area contributed by atoms with Gasteiger partial charge in [-0.1, -0.05) is 58.3 Å². The van der Waals surface area contributed by atoms with Crippen LogP contribution in [0.15, 0.2) is 0 Å². The van der Waals surface area contributed by atoms with Crippen LogP contribution >= 0.6 is 0 Å². The number of carbonyl (C=O) groups excluding carboxylic acids is 1. The molecule has 0 radical (unpaired) electrons. The number of carbonyl (C=O) groups is 1. The number of ether oxygens (including phenoxy) is 1. The molecule has 3 nitrogen and oxygen atoms in total. The third-order valence-electron chi connectivity index (χ3n) is 7.40. The highest BCUT2D eigenvalue weighted by Crippen LogP contribution is 2.56. The van der Waals surface area contributed by atoms with Gasteiger partial charge in [0, 0.05) is 12.3 Å². The molecule has 3 heteroatoms. The highest BCUT2D eigenvalue weighted by atomic mass is 16.5. The zero-order chi connectivity index (χ0) is 19.1. The molecule has 6 unspecified atom stereocenters. The molecule has 6 atom stereocenters. The van der Waals surface area contributed by atoms with Gasteiger partial charge in [-0.15, -0.1) is 0 Å². The van der Waals surface area contributed by atoms with Crippen LogP contribution in [0.3, 0.4) is 0 Å². The molecule has 27 heavy (non-hydrogen) atoms. The van der Waals surface area contributed by atoms with Crippen molar-refractivity contribution in [2.75, 3.05) is 0 Å². The van der Waals surface area contributed by atoms with Gasteiger partial charge in [0.1, 0.15) is 6.10 Å². The van der Waals surface area contributed by atoms with E-state index < -0.39 is 0 Å². The van der Waals surface area contributed by atoms with Crippen molar-refractivity contribution >= 4 is 5.78 Å². The lowest BCUT2D eigenvalue weighted by Gasteiger charge is -2.17. The summed E-state index contributed by atoms with van der Waals surface area (Å²) in [6.07, 6.45) is 17.8. The molecule has 0 spiro atoms. The summed E-state index contributed by atoms with van der Waals surface area (Å²) >= 11 is 0. The van der Waals surface area contributed by atoms with E-state index >= 15 is 0 Å². The smallest absolute Gasteiger partial charge is 0.161 e. The van der Waals surface area contributed by atoms with Crippen molar-refractivity contribution in [1.82, 2.24) is 0 Å². The molecule has 3 fully saturated rings. The van der Waals surface area contributed by atoms with Gasteiger partial charge < -0.3 is 4.74 Å². The van der Waals surface area contributed by atoms with Gasteiger partial charge in [0.25, 0.3) is 0 Å². The molecule has 3 aliphatic rings. The number of fused-ring (bicyclic) bond motifs is 1. The molecule has 2 bridgehead atoms. The van der Waals surface area contributed by atoms with Crippen LogP contribution in [-0.2, 0) is 9.53 Å². The minimum absolute atomic E-state index is 0.0908. The second kappa shape index (κ2) is 10.6. The van der Waals surface area contributed by atoms with Crippen molar-refractivity contribution < 1.29 is 9.53 Å². The SMILES string of the molecule is CCCCCCCCCC(C#N)CCCCC(=O)C1OC2CC3CC2C1C3. The Morgan fingerprint density at radius 1 is 0.963 bits per heavy atom. The van der Waals surface area contributed by atoms with Crippen molar-refractivity contribution in [1.29, 1.82) is 5.26 Å². The highest BCUT2D eigenvalue weighted by molar-refractivity contribution is 5.83. The molecular weight excluding hydrogens is 334 g/mol. The van der Waals surface area contributed by atoms with Gasteiger partial charge in [-0.2, -0.15) is 5.26 Å². The maximum absolute atomic E-state index is 12.6. The molecule has 0 aromatic heterocycles. The van der Waals surface area contributed by atoms with Gasteiger partial charge in [-0.25, -0.2) is 0 Å². The molecule has 152 valence electrons. The quantitative estimate of drug-likeness (QED) is 0.340. The summed E-state index contributed by atoms with van der Waals surface area (Å²) in [5.41, 5.74) is 0. The monoisotopic (exact) mass is 373 g/mol. The Kier molecular flexibility index (Phi) is 8.19. The van der Waals surface area contributed by atoms with E-state index in [0.717, 1.165) is 31.6 Å². The van der Waals surface area contributed by atoms with E-state index in [1.165, 1.54) is 64.2 Å². The van der Waals surface area contributed by atoms with Crippen LogP contribution in [-0.4, -0.2) is 18.0 Å². The minimum Gasteiger partial charge on any atom is -0.367 e. The Labute approximate surface area is 166 Å². The average Bonchev–Trinajstić information content (AvgIpc) is 3.30. The van der Waals surface area contributed by atoms with Crippen LogP contribution in [0, 0.1) is 35.0 Å². The number of unbranched alkanes of at least 4 members (excludes halogenated alkanes) is 7. The lowest BCUT2D eigenvalue weighted by atomic mass is 9.84. The van der Waals surface area contributed by atoms with Gasteiger partial charge >= 0.3 is 0 Å². The topological polar surface area (TPSA) is 50.1 Å². The molecular formula is C24H39NO2. The molecule has 0 aromatic carbocycles. The zero-order valence-corrected chi connectivity index (χ0v) is 17.3. The number of nitriles is 1. The fraction of sp³-hybridized carbons (Fsp3) is 0.917. The third-order valence-corrected chi connectivity index (χ3v) is 7.40. The number of ketones is 1. The Bertz CT molecular complexity index is 509. The first-order chi connectivity index (χ1) is 13.2. The van der Waals surface area contributed by atoms with Crippen molar-refractivity contribution in [2.24, 2.45) is 23.7 Å². The second-order valence-electron chi connectivity index (χ2n) is 9.44. The van der Waals surface area contributed by atoms with Crippen molar-refractivity contribution in [3.8, 4) is 6.07 Å². The first-order valence-corrected chi connectivity index (χ1v) is 11.8. The predicted molar refractivity (Wildman–Crippen MR) is 108 cm³/mol. The second-order valence-corrected chi connectivity index (χ2v) is 9.44. The summed E-state index contributed by atoms with van der Waals surface area (Å²) < 4.78 is 6.10. The minimum atomic E-state index is -0.0908. The summed E-state index contributed by atoms with van der Waals surface area (Å²) in [7, 11) is 0. The highest BCUT2D eigenvalue weighted by Gasteiger charge is 2.57. The molecule has 2 saturated carbocycles. The van der Waals surface area contributed by atoms with Gasteiger partial charge in [-0.05, 0) is 56.3 Å². The van der Waals surface area contributed by atoms with Crippen LogP contribution in [0.5, 0.6) is 0 Å². The first kappa shape index (κ1) is 20.8. The van der Waals surface area contributed by atoms with Gasteiger partial charge in [0.2, 0.25) is 0 Å². The molecule has 1 aliphatic heterocycles. The standard InChI is InChI=1S/C24H39NO2/c1-2-3-4-5-6-7-8-11-18(17-25)12-9-10-13-22(26)24-21-15-19-14-20(21)23(16-19)27-24/h18-21,23-24H,2-16H2,1H3. The predicted octanol–water partition coefficient (Wildman–Crippen LogP) is 6.21. The molecule has 1 heterocycles. The van der Waals surface area contributed by atoms with E-state index in [4.69, 9.17) is 4.74 Å². The number of nitrogens with zero attached hydrogens (tertiary/aromatic N) is 1. The fourth-order valence-electron chi connectivity index (χ4n) is 5.90. The van der Waals surface area contributed by atoms with E-state index in [-0.39, 0.29) is 12.0 Å². The molecule has 0 amide bonds. The number of hydrogen-bond donors (Lipinski definition) is 0. The molecule has 0 aromatic rings. The molecule has 2 aliphatic carbocycles. The summed E-state index contributed by atoms with van der Waals surface area (Å²) in [4.78, 5) is 12.6. The lowest BCUT2D eigenvalue weighted by Crippen LogP contribution is -2.27. The summed E-state index contributed by atoms with van der Waals surface area (Å²) in [6.45, 7) is 2.25. The van der Waals surface area contributed by atoms with E-state index in [2.05, 4.69) is 13.0 Å². The summed E-state index contributed by atoms with van der Waals surface area (Å²) in [6, 6.07) is 2.49. The van der Waals surface area contributed by atoms with Crippen LogP contribution in [0.2, 0.25) is 0 Å². The van der Waals surface area contributed by atoms with Gasteiger partial charge in [0.05, 0.1) is 12.2 Å². The summed E-state index contributed by atoms with van der Waals surface area (Å²) in [5.74, 6) is 2.59. The lowest BCUT2D eigenvalue weighted by molar-refractivity contribution is -0.131. The Hall–Kier alpha value is -0.880. The van der Waals surface area contributed by atoms with Gasteiger partial charge in [0.15, 0.2) is 5.78 Å². The average molecular weight is 374 g/mol. The van der Waals surface area contributed by atoms with Crippen LogP contribution in [0.4, 0.5) is 0 Å². The Morgan fingerprint density at radius 3 is 2.30 bits per heavy atom. The Balaban J connectivity index is 1.23. The molecule has 1 saturated heterocycles. The maximum atomic E-state index is 12.6. The van der Waals surface area contributed by atoms with Crippen molar-refractivity contribution in [3.05, 3.63) is 0 Å². The van der Waals surface area contributed by atoms with E-state index in [1.807, 2.05) is 0 Å². The van der Waals surface area contributed by atoms with Crippen LogP contribution in [0.1, 0.15) is 103 Å². The fourth-order valence-corrected chi connectivity index (χ4v) is 5.90. The normalized spacial score (nSPS) is 31.9. The molecule has 0 N–H and O–H groups in total. The van der Waals surface area contributed by atoms with Gasteiger partial charge in [-0.3, -0.25) is 4.79 Å². The largest absolute Gasteiger partial charge is 0.367 e. The van der Waals surface area contributed by atoms with Crippen molar-refractivity contribution in [2.45, 2.75) is 115 Å². The summed E-state index contributed by atoms with van der Waals surface area (Å²) in [5, 5.41) is 9.38. The number of hydrogen-bond acceptors (Lipinski definition) is 3. The first-order valence-electron chi connectivity index (χ1n) is 11.8. The van der Waals surface area contributed by atoms with E-state index in [1.54, 1.807) is 0 Å². The zero-order valence-electron chi connectivity index (χ0n) is 17.3. The van der Waals surface area contributed by atoms with Crippen LogP contribution in [0.25, 0.3) is 0 Å².